The number of hydrogen-bond acceptors (Lipinski definition) is 18. The lowest BCUT2D eigenvalue weighted by Crippen LogP contribution is -2.17. The van der Waals surface area contributed by atoms with Crippen LogP contribution in [0.25, 0.3) is 51.7 Å². The van der Waals surface area contributed by atoms with Crippen LogP contribution in [0.15, 0.2) is 72.8 Å². The van der Waals surface area contributed by atoms with Crippen molar-refractivity contribution in [3.05, 3.63) is 172 Å². The van der Waals surface area contributed by atoms with Crippen LogP contribution in [-0.4, -0.2) is 178 Å². The highest BCUT2D eigenvalue weighted by atomic mass is 35.5. The number of ether oxygens (including phenoxy) is 9. The number of fused-ring (bicyclic) bond motifs is 6. The van der Waals surface area contributed by atoms with Gasteiger partial charge >= 0.3 is 0 Å². The van der Waals surface area contributed by atoms with E-state index in [0.29, 0.717) is 162 Å². The Morgan fingerprint density at radius 2 is 0.735 bits per heavy atom. The largest absolute Gasteiger partial charge is 0.459 e. The number of aryl methyl sites for hydroxylation is 3. The van der Waals surface area contributed by atoms with Crippen LogP contribution < -0.4 is 14.2 Å². The first kappa shape index (κ1) is 72.8. The highest BCUT2D eigenvalue weighted by Crippen LogP contribution is 2.43. The third-order valence-electron chi connectivity index (χ3n) is 19.3. The molecule has 27 heteroatoms. The third-order valence-corrected chi connectivity index (χ3v) is 20.3. The Bertz CT molecular complexity index is 4090. The molecule has 6 aliphatic rings. The van der Waals surface area contributed by atoms with Gasteiger partial charge < -0.3 is 72.9 Å². The van der Waals surface area contributed by atoms with E-state index in [2.05, 4.69) is 44.9 Å². The van der Waals surface area contributed by atoms with Crippen LogP contribution in [0, 0.1) is 17.5 Å². The van der Waals surface area contributed by atoms with Crippen molar-refractivity contribution < 1.29 is 71.1 Å². The van der Waals surface area contributed by atoms with E-state index in [9.17, 15) is 15.3 Å². The summed E-state index contributed by atoms with van der Waals surface area (Å²) in [5.41, 5.74) is 13.5. The minimum atomic E-state index is -0.208. The Kier molecular flexibility index (Phi) is 23.9. The van der Waals surface area contributed by atoms with E-state index in [1.54, 1.807) is 57.7 Å². The Morgan fingerprint density at radius 3 is 1.00 bits per heavy atom. The number of aromatic nitrogens is 9. The number of aliphatic hydroxyl groups excluding tert-OH is 3. The Morgan fingerprint density at radius 1 is 0.441 bits per heavy atom. The molecule has 6 N–H and O–H groups in total. The minimum Gasteiger partial charge on any atom is -0.459 e. The zero-order chi connectivity index (χ0) is 71.0. The average Bonchev–Trinajstić information content (AvgIpc) is 1.63. The normalized spacial score (nSPS) is 22.2. The number of nitrogens with zero attached hydrogens (tertiary/aromatic N) is 6. The molecule has 9 atom stereocenters. The number of imidazole rings is 3. The first-order chi connectivity index (χ1) is 49.6. The summed E-state index contributed by atoms with van der Waals surface area (Å²) in [7, 11) is 4.89. The molecule has 9 aromatic rings. The lowest BCUT2D eigenvalue weighted by Gasteiger charge is -2.13. The van der Waals surface area contributed by atoms with Crippen LogP contribution in [0.1, 0.15) is 123 Å². The van der Waals surface area contributed by atoms with E-state index in [4.69, 9.17) is 77.4 Å². The van der Waals surface area contributed by atoms with Crippen LogP contribution >= 0.6 is 34.8 Å². The van der Waals surface area contributed by atoms with Crippen molar-refractivity contribution in [3.63, 3.8) is 0 Å². The van der Waals surface area contributed by atoms with Crippen molar-refractivity contribution in [2.24, 2.45) is 0 Å². The molecule has 0 radical (unpaired) electrons. The molecule has 6 aromatic heterocycles. The second kappa shape index (κ2) is 33.5. The summed E-state index contributed by atoms with van der Waals surface area (Å²) < 4.78 is 94.1. The number of aliphatic hydroxyl groups is 3. The molecule has 3 aliphatic carbocycles. The summed E-state index contributed by atoms with van der Waals surface area (Å²) in [6.45, 7) is 2.59. The van der Waals surface area contributed by atoms with Gasteiger partial charge in [-0.15, -0.1) is 0 Å². The summed E-state index contributed by atoms with van der Waals surface area (Å²) in [5, 5.41) is 29.2. The zero-order valence-electron chi connectivity index (χ0n) is 56.7. The van der Waals surface area contributed by atoms with E-state index in [1.165, 1.54) is 0 Å². The van der Waals surface area contributed by atoms with E-state index >= 15 is 13.2 Å². The van der Waals surface area contributed by atoms with Crippen LogP contribution in [0.3, 0.4) is 0 Å². The van der Waals surface area contributed by atoms with Crippen molar-refractivity contribution in [1.82, 2.24) is 44.9 Å². The topological polar surface area (TPSA) is 268 Å². The van der Waals surface area contributed by atoms with Gasteiger partial charge in [0.2, 0.25) is 0 Å². The SMILES string of the molecule is COC/C=C/c1cc(F)c2c(c1)CCC2Cc1nc2nc(O[C@@H]3CO[C@H](CO)C3)[nH]c2cc1Cl.COC/C=C/c1cc(F)c2c(c1)CCC2Cc1nc2nc(O[C@@H]3CO[C@H](CO)C3)[nH]c2cc1Cl.COC/C=C/c1cc(F)c2c(c1)CCC2Cc1nc2nc(O[C@@H]3CO[C@H](CO)C3)[nH]c2cc1Cl. The van der Waals surface area contributed by atoms with Crippen molar-refractivity contribution >= 4 is 86.5 Å². The fourth-order valence-corrected chi connectivity index (χ4v) is 15.2. The highest BCUT2D eigenvalue weighted by molar-refractivity contribution is 6.32. The van der Waals surface area contributed by atoms with Gasteiger partial charge in [0.15, 0.2) is 16.9 Å². The number of nitrogens with one attached hydrogen (secondary N) is 3. The van der Waals surface area contributed by atoms with Crippen molar-refractivity contribution in [1.29, 1.82) is 0 Å². The number of benzene rings is 3. The molecular weight excluding hydrogens is 1380 g/mol. The highest BCUT2D eigenvalue weighted by Gasteiger charge is 2.34. The molecule has 3 aromatic carbocycles. The lowest BCUT2D eigenvalue weighted by atomic mass is 9.94. The van der Waals surface area contributed by atoms with Gasteiger partial charge in [-0.2, -0.15) is 15.0 Å². The number of aromatic amines is 3. The van der Waals surface area contributed by atoms with Gasteiger partial charge in [0.05, 0.1) is 126 Å². The van der Waals surface area contributed by atoms with Crippen LogP contribution in [0.4, 0.5) is 13.2 Å². The summed E-state index contributed by atoms with van der Waals surface area (Å²) in [4.78, 5) is 36.6. The maximum absolute atomic E-state index is 15.0. The quantitative estimate of drug-likeness (QED) is 0.0328. The Labute approximate surface area is 602 Å². The van der Waals surface area contributed by atoms with E-state index in [0.717, 1.165) is 88.6 Å². The van der Waals surface area contributed by atoms with Crippen LogP contribution in [0.2, 0.25) is 15.1 Å². The average molecular weight is 1460 g/mol. The molecule has 9 heterocycles. The molecule has 0 spiro atoms. The number of H-pyrrole nitrogens is 3. The molecule has 3 fully saturated rings. The molecule has 102 heavy (non-hydrogen) atoms. The van der Waals surface area contributed by atoms with Gasteiger partial charge in [-0.1, -0.05) is 89.5 Å². The predicted octanol–water partition coefficient (Wildman–Crippen LogP) is 12.6. The van der Waals surface area contributed by atoms with Gasteiger partial charge in [0, 0.05) is 40.6 Å². The molecule has 3 unspecified atom stereocenters. The van der Waals surface area contributed by atoms with Crippen LogP contribution in [-0.2, 0) is 66.9 Å². The number of pyridine rings is 3. The molecule has 21 nitrogen and oxygen atoms in total. The number of methoxy groups -OCH3 is 3. The molecule has 0 amide bonds. The molecule has 540 valence electrons. The standard InChI is InChI=1S/3C25H27ClFN3O4/c3*1-32-6-2-3-14-7-15-4-5-16(23(15)20(27)8-14)9-21-19(26)11-22-24(28-21)30-25(29-22)34-18-10-17(12-31)33-13-18/h3*2-3,7-8,11,16-18,31H,4-6,9-10,12-13H2,1H3,(H,28,29,30)/b3*3-2+/t3*16?,17-,18-/m000/s1. The maximum atomic E-state index is 15.0. The zero-order valence-corrected chi connectivity index (χ0v) is 58.9. The van der Waals surface area contributed by atoms with Crippen LogP contribution in [0.5, 0.6) is 18.0 Å². The molecule has 15 rings (SSSR count). The number of rotatable bonds is 24. The first-order valence-electron chi connectivity index (χ1n) is 34.4. The fraction of sp³-hybridized carbons (Fsp3) is 0.440. The van der Waals surface area contributed by atoms with E-state index < -0.39 is 0 Å². The van der Waals surface area contributed by atoms with Gasteiger partial charge in [-0.05, 0) is 162 Å². The molecule has 0 bridgehead atoms. The van der Waals surface area contributed by atoms with E-state index in [1.807, 2.05) is 54.7 Å². The summed E-state index contributed by atoms with van der Waals surface area (Å²) >= 11 is 19.6. The van der Waals surface area contributed by atoms with Gasteiger partial charge in [-0.3, -0.25) is 0 Å². The summed E-state index contributed by atoms with van der Waals surface area (Å²) in [6, 6.07) is 17.3. The smallest absolute Gasteiger partial charge is 0.296 e. The first-order valence-corrected chi connectivity index (χ1v) is 35.5. The third kappa shape index (κ3) is 17.3. The molecule has 0 saturated carbocycles. The fourth-order valence-electron chi connectivity index (χ4n) is 14.5. The maximum Gasteiger partial charge on any atom is 0.296 e. The summed E-state index contributed by atoms with van der Waals surface area (Å²) in [6.07, 6.45) is 18.5. The van der Waals surface area contributed by atoms with Gasteiger partial charge in [0.1, 0.15) is 35.8 Å². The molecule has 3 saturated heterocycles. The molecule has 3 aliphatic heterocycles. The number of hydrogen-bond donors (Lipinski definition) is 6. The van der Waals surface area contributed by atoms with Gasteiger partial charge in [-0.25, -0.2) is 28.1 Å². The number of halogens is 6. The lowest BCUT2D eigenvalue weighted by molar-refractivity contribution is 0.0528. The predicted molar refractivity (Wildman–Crippen MR) is 381 cm³/mol. The van der Waals surface area contributed by atoms with Crippen molar-refractivity contribution in [2.75, 3.05) is 80.8 Å². The monoisotopic (exact) mass is 1460 g/mol. The van der Waals surface area contributed by atoms with Crippen molar-refractivity contribution in [2.45, 2.75) is 131 Å². The van der Waals surface area contributed by atoms with Crippen molar-refractivity contribution in [3.8, 4) is 18.0 Å². The second-order valence-electron chi connectivity index (χ2n) is 26.4. The Balaban J connectivity index is 0.000000137. The second-order valence-corrected chi connectivity index (χ2v) is 27.7. The molecular formula is C75H81Cl3F3N9O12. The Hall–Kier alpha value is -7.56. The van der Waals surface area contributed by atoms with Gasteiger partial charge in [0.25, 0.3) is 18.0 Å². The minimum absolute atomic E-state index is 0.00942. The van der Waals surface area contributed by atoms with E-state index in [-0.39, 0.29) is 91.6 Å². The summed E-state index contributed by atoms with van der Waals surface area (Å²) in [5.74, 6) is -0.542.